The van der Waals surface area contributed by atoms with Crippen molar-refractivity contribution < 1.29 is 23.8 Å². The minimum atomic E-state index is -0.862. The SMILES string of the molecule is O=C(OOC(=O)c1ccco1)c1ccccc1. The normalized spacial score (nSPS) is 9.65. The molecule has 0 N–H and O–H groups in total. The van der Waals surface area contributed by atoms with Crippen molar-refractivity contribution in [2.24, 2.45) is 0 Å². The van der Waals surface area contributed by atoms with Crippen molar-refractivity contribution in [2.45, 2.75) is 0 Å². The molecule has 1 heterocycles. The van der Waals surface area contributed by atoms with Crippen LogP contribution in [0.15, 0.2) is 53.1 Å². The Kier molecular flexibility index (Phi) is 3.20. The Hall–Kier alpha value is -2.56. The smallest absolute Gasteiger partial charge is 0.421 e. The largest absolute Gasteiger partial charge is 0.457 e. The highest BCUT2D eigenvalue weighted by molar-refractivity contribution is 5.90. The first-order chi connectivity index (χ1) is 8.27. The van der Waals surface area contributed by atoms with Crippen LogP contribution in [0.25, 0.3) is 0 Å². The third-order valence-corrected chi connectivity index (χ3v) is 1.92. The number of furan rings is 1. The van der Waals surface area contributed by atoms with E-state index in [1.165, 1.54) is 18.4 Å². The summed E-state index contributed by atoms with van der Waals surface area (Å²) in [6, 6.07) is 11.1. The first-order valence-corrected chi connectivity index (χ1v) is 4.79. The first kappa shape index (κ1) is 10.9. The molecule has 0 aliphatic carbocycles. The molecule has 5 heteroatoms. The van der Waals surface area contributed by atoms with Crippen LogP contribution in [-0.4, -0.2) is 11.9 Å². The van der Waals surface area contributed by atoms with Gasteiger partial charge in [-0.15, -0.1) is 0 Å². The van der Waals surface area contributed by atoms with Crippen LogP contribution in [-0.2, 0) is 9.78 Å². The molecule has 0 bridgehead atoms. The highest BCUT2D eigenvalue weighted by Crippen LogP contribution is 2.05. The molecule has 2 aromatic rings. The molecule has 17 heavy (non-hydrogen) atoms. The molecular formula is C12H8O5. The molecule has 0 aliphatic rings. The zero-order valence-corrected chi connectivity index (χ0v) is 8.66. The fourth-order valence-corrected chi connectivity index (χ4v) is 1.13. The van der Waals surface area contributed by atoms with Gasteiger partial charge in [0, 0.05) is 0 Å². The number of benzene rings is 1. The molecule has 1 aromatic carbocycles. The van der Waals surface area contributed by atoms with Crippen LogP contribution in [0.1, 0.15) is 20.9 Å². The van der Waals surface area contributed by atoms with E-state index in [-0.39, 0.29) is 5.76 Å². The van der Waals surface area contributed by atoms with Crippen LogP contribution in [0.4, 0.5) is 0 Å². The summed E-state index contributed by atoms with van der Waals surface area (Å²) in [6.07, 6.45) is 1.32. The average molecular weight is 232 g/mol. The quantitative estimate of drug-likeness (QED) is 0.586. The maximum Gasteiger partial charge on any atom is 0.421 e. The van der Waals surface area contributed by atoms with Crippen molar-refractivity contribution in [1.82, 2.24) is 0 Å². The van der Waals surface area contributed by atoms with Crippen LogP contribution < -0.4 is 0 Å². The summed E-state index contributed by atoms with van der Waals surface area (Å²) in [5, 5.41) is 0. The van der Waals surface area contributed by atoms with E-state index < -0.39 is 11.9 Å². The summed E-state index contributed by atoms with van der Waals surface area (Å²) >= 11 is 0. The predicted molar refractivity (Wildman–Crippen MR) is 56.0 cm³/mol. The highest BCUT2D eigenvalue weighted by atomic mass is 17.2. The molecule has 2 rings (SSSR count). The number of carbonyl (C=O) groups is 2. The number of hydrogen-bond donors (Lipinski definition) is 0. The number of carbonyl (C=O) groups excluding carboxylic acids is 2. The number of hydrogen-bond acceptors (Lipinski definition) is 5. The lowest BCUT2D eigenvalue weighted by atomic mass is 10.2. The Labute approximate surface area is 96.5 Å². The van der Waals surface area contributed by atoms with Crippen LogP contribution >= 0.6 is 0 Å². The van der Waals surface area contributed by atoms with Crippen molar-refractivity contribution in [3.63, 3.8) is 0 Å². The van der Waals surface area contributed by atoms with E-state index >= 15 is 0 Å². The zero-order chi connectivity index (χ0) is 12.1. The van der Waals surface area contributed by atoms with Gasteiger partial charge in [0.25, 0.3) is 0 Å². The Morgan fingerprint density at radius 3 is 2.24 bits per heavy atom. The third kappa shape index (κ3) is 2.72. The third-order valence-electron chi connectivity index (χ3n) is 1.92. The molecule has 5 nitrogen and oxygen atoms in total. The zero-order valence-electron chi connectivity index (χ0n) is 8.66. The van der Waals surface area contributed by atoms with Gasteiger partial charge in [0.1, 0.15) is 0 Å². The number of rotatable bonds is 2. The van der Waals surface area contributed by atoms with Crippen molar-refractivity contribution in [1.29, 1.82) is 0 Å². The first-order valence-electron chi connectivity index (χ1n) is 4.79. The molecule has 0 radical (unpaired) electrons. The van der Waals surface area contributed by atoms with E-state index in [4.69, 9.17) is 4.42 Å². The molecule has 0 spiro atoms. The Bertz CT molecular complexity index is 501. The lowest BCUT2D eigenvalue weighted by molar-refractivity contribution is -0.188. The summed E-state index contributed by atoms with van der Waals surface area (Å²) in [5.41, 5.74) is 0.291. The monoisotopic (exact) mass is 232 g/mol. The molecule has 1 aromatic heterocycles. The average Bonchev–Trinajstić information content (AvgIpc) is 2.90. The van der Waals surface area contributed by atoms with Crippen LogP contribution in [0, 0.1) is 0 Å². The molecule has 0 atom stereocenters. The van der Waals surface area contributed by atoms with Crippen LogP contribution in [0.3, 0.4) is 0 Å². The van der Waals surface area contributed by atoms with Gasteiger partial charge in [0.05, 0.1) is 11.8 Å². The van der Waals surface area contributed by atoms with Gasteiger partial charge in [-0.3, -0.25) is 0 Å². The summed E-state index contributed by atoms with van der Waals surface area (Å²) in [4.78, 5) is 31.3. The van der Waals surface area contributed by atoms with E-state index in [0.29, 0.717) is 5.56 Å². The van der Waals surface area contributed by atoms with Gasteiger partial charge in [-0.1, -0.05) is 18.2 Å². The second-order valence-electron chi connectivity index (χ2n) is 3.08. The fourth-order valence-electron chi connectivity index (χ4n) is 1.13. The molecule has 0 saturated carbocycles. The van der Waals surface area contributed by atoms with Crippen molar-refractivity contribution in [2.75, 3.05) is 0 Å². The van der Waals surface area contributed by atoms with Gasteiger partial charge >= 0.3 is 11.9 Å². The molecule has 0 unspecified atom stereocenters. The summed E-state index contributed by atoms with van der Waals surface area (Å²) in [5.74, 6) is -1.64. The lowest BCUT2D eigenvalue weighted by Crippen LogP contribution is -2.11. The maximum absolute atomic E-state index is 11.4. The molecular weight excluding hydrogens is 224 g/mol. The van der Waals surface area contributed by atoms with Gasteiger partial charge in [-0.05, 0) is 24.3 Å². The Morgan fingerprint density at radius 2 is 1.59 bits per heavy atom. The van der Waals surface area contributed by atoms with Crippen molar-refractivity contribution in [3.8, 4) is 0 Å². The van der Waals surface area contributed by atoms with Gasteiger partial charge in [0.15, 0.2) is 0 Å². The van der Waals surface area contributed by atoms with Crippen LogP contribution in [0.2, 0.25) is 0 Å². The topological polar surface area (TPSA) is 65.7 Å². The molecule has 0 fully saturated rings. The highest BCUT2D eigenvalue weighted by Gasteiger charge is 2.15. The van der Waals surface area contributed by atoms with Gasteiger partial charge in [-0.2, -0.15) is 0 Å². The van der Waals surface area contributed by atoms with Gasteiger partial charge in [0.2, 0.25) is 5.76 Å². The van der Waals surface area contributed by atoms with E-state index in [9.17, 15) is 9.59 Å². The minimum Gasteiger partial charge on any atom is -0.457 e. The van der Waals surface area contributed by atoms with E-state index in [0.717, 1.165) is 0 Å². The lowest BCUT2D eigenvalue weighted by Gasteiger charge is -2.01. The molecule has 0 aliphatic heterocycles. The predicted octanol–water partition coefficient (Wildman–Crippen LogP) is 2.21. The van der Waals surface area contributed by atoms with E-state index in [1.807, 2.05) is 0 Å². The van der Waals surface area contributed by atoms with E-state index in [2.05, 4.69) is 9.78 Å². The second-order valence-corrected chi connectivity index (χ2v) is 3.08. The Morgan fingerprint density at radius 1 is 0.882 bits per heavy atom. The summed E-state index contributed by atoms with van der Waals surface area (Å²) in [7, 11) is 0. The van der Waals surface area contributed by atoms with Crippen molar-refractivity contribution >= 4 is 11.9 Å². The standard InChI is InChI=1S/C12H8O5/c13-11(9-5-2-1-3-6-9)16-17-12(14)10-7-4-8-15-10/h1-8H. The minimum absolute atomic E-state index is 0.0362. The molecule has 0 amide bonds. The fraction of sp³-hybridized carbons (Fsp3) is 0. The van der Waals surface area contributed by atoms with Crippen molar-refractivity contribution in [3.05, 3.63) is 60.1 Å². The van der Waals surface area contributed by atoms with Gasteiger partial charge < -0.3 is 4.42 Å². The Balaban J connectivity index is 1.91. The maximum atomic E-state index is 11.4. The molecule has 0 saturated heterocycles. The summed E-state index contributed by atoms with van der Waals surface area (Å²) < 4.78 is 4.77. The van der Waals surface area contributed by atoms with Gasteiger partial charge in [-0.25, -0.2) is 19.4 Å². The van der Waals surface area contributed by atoms with E-state index in [1.54, 1.807) is 30.3 Å². The second kappa shape index (κ2) is 4.98. The molecule has 86 valence electrons. The summed E-state index contributed by atoms with van der Waals surface area (Å²) in [6.45, 7) is 0. The van der Waals surface area contributed by atoms with Crippen LogP contribution in [0.5, 0.6) is 0 Å².